The Hall–Kier alpha value is -0.870. The predicted molar refractivity (Wildman–Crippen MR) is 75.0 cm³/mol. The Morgan fingerprint density at radius 2 is 2.12 bits per heavy atom. The summed E-state index contributed by atoms with van der Waals surface area (Å²) in [6.45, 7) is 2.07. The summed E-state index contributed by atoms with van der Waals surface area (Å²) in [5.41, 5.74) is 5.00. The molecule has 1 aliphatic rings. The highest BCUT2D eigenvalue weighted by atomic mass is 79.9. The van der Waals surface area contributed by atoms with E-state index in [0.717, 1.165) is 15.9 Å². The fourth-order valence-corrected chi connectivity index (χ4v) is 2.61. The third kappa shape index (κ3) is 3.07. The van der Waals surface area contributed by atoms with Crippen LogP contribution in [0.2, 0.25) is 0 Å². The van der Waals surface area contributed by atoms with E-state index in [2.05, 4.69) is 40.4 Å². The summed E-state index contributed by atoms with van der Waals surface area (Å²) in [6, 6.07) is 6.59. The fourth-order valence-electron chi connectivity index (χ4n) is 2.25. The molecule has 4 heteroatoms. The van der Waals surface area contributed by atoms with Gasteiger partial charge in [0.1, 0.15) is 5.84 Å². The van der Waals surface area contributed by atoms with Crippen LogP contribution in [0.1, 0.15) is 36.8 Å². The second-order valence-electron chi connectivity index (χ2n) is 4.52. The Morgan fingerprint density at radius 1 is 1.41 bits per heavy atom. The van der Waals surface area contributed by atoms with Crippen molar-refractivity contribution >= 4 is 21.8 Å². The largest absolute Gasteiger partial charge is 0.308 e. The topological polar surface area (TPSA) is 50.4 Å². The molecule has 2 rings (SSSR count). The highest BCUT2D eigenvalue weighted by Crippen LogP contribution is 2.22. The van der Waals surface area contributed by atoms with Crippen LogP contribution in [0.25, 0.3) is 0 Å². The van der Waals surface area contributed by atoms with Crippen LogP contribution in [0.4, 0.5) is 0 Å². The molecule has 1 aromatic carbocycles. The van der Waals surface area contributed by atoms with Gasteiger partial charge in [0.2, 0.25) is 0 Å². The standard InChI is InChI=1S/C13H18BrN3/c1-9-6-7-10(14)8-12(9)13(17-15)16-11-4-2-3-5-11/h6-8,11H,2-5,15H2,1H3,(H,16,17). The Balaban J connectivity index is 2.30. The molecule has 0 amide bonds. The summed E-state index contributed by atoms with van der Waals surface area (Å²) in [5, 5.41) is 0. The van der Waals surface area contributed by atoms with Crippen molar-refractivity contribution in [2.24, 2.45) is 10.8 Å². The van der Waals surface area contributed by atoms with Crippen LogP contribution in [-0.2, 0) is 0 Å². The molecule has 0 radical (unpaired) electrons. The van der Waals surface area contributed by atoms with Gasteiger partial charge in [-0.3, -0.25) is 4.99 Å². The van der Waals surface area contributed by atoms with E-state index in [1.54, 1.807) is 0 Å². The minimum atomic E-state index is 0.430. The Morgan fingerprint density at radius 3 is 2.76 bits per heavy atom. The molecule has 0 heterocycles. The van der Waals surface area contributed by atoms with E-state index in [4.69, 9.17) is 10.8 Å². The molecule has 1 aromatic rings. The summed E-state index contributed by atoms with van der Waals surface area (Å²) in [5.74, 6) is 6.41. The lowest BCUT2D eigenvalue weighted by Gasteiger charge is -2.12. The first kappa shape index (κ1) is 12.6. The third-order valence-corrected chi connectivity index (χ3v) is 3.72. The van der Waals surface area contributed by atoms with Gasteiger partial charge in [0, 0.05) is 10.0 Å². The number of benzene rings is 1. The molecular weight excluding hydrogens is 278 g/mol. The van der Waals surface area contributed by atoms with E-state index in [1.165, 1.54) is 31.2 Å². The maximum atomic E-state index is 5.61. The van der Waals surface area contributed by atoms with E-state index in [9.17, 15) is 0 Å². The lowest BCUT2D eigenvalue weighted by molar-refractivity contribution is 0.700. The summed E-state index contributed by atoms with van der Waals surface area (Å²) in [7, 11) is 0. The molecule has 3 N–H and O–H groups in total. The molecule has 0 unspecified atom stereocenters. The maximum absolute atomic E-state index is 5.61. The van der Waals surface area contributed by atoms with Crippen LogP contribution < -0.4 is 11.3 Å². The van der Waals surface area contributed by atoms with Crippen molar-refractivity contribution < 1.29 is 0 Å². The zero-order valence-corrected chi connectivity index (χ0v) is 11.6. The second-order valence-corrected chi connectivity index (χ2v) is 5.44. The van der Waals surface area contributed by atoms with Crippen LogP contribution in [0.3, 0.4) is 0 Å². The molecule has 3 nitrogen and oxygen atoms in total. The van der Waals surface area contributed by atoms with Gasteiger partial charge < -0.3 is 5.43 Å². The molecule has 0 saturated heterocycles. The molecule has 1 fully saturated rings. The molecule has 1 saturated carbocycles. The number of hydrazine groups is 1. The zero-order valence-electron chi connectivity index (χ0n) is 10.0. The number of amidine groups is 1. The lowest BCUT2D eigenvalue weighted by atomic mass is 10.1. The van der Waals surface area contributed by atoms with E-state index in [1.807, 2.05) is 6.07 Å². The van der Waals surface area contributed by atoms with Crippen LogP contribution in [-0.4, -0.2) is 11.9 Å². The maximum Gasteiger partial charge on any atom is 0.143 e. The normalized spacial score (nSPS) is 17.5. The zero-order chi connectivity index (χ0) is 12.3. The minimum Gasteiger partial charge on any atom is -0.308 e. The summed E-state index contributed by atoms with van der Waals surface area (Å²) in [4.78, 5) is 4.73. The van der Waals surface area contributed by atoms with Gasteiger partial charge in [-0.05, 0) is 37.5 Å². The molecule has 0 aromatic heterocycles. The highest BCUT2D eigenvalue weighted by Gasteiger charge is 2.15. The van der Waals surface area contributed by atoms with Gasteiger partial charge in [0.05, 0.1) is 6.04 Å². The average molecular weight is 296 g/mol. The van der Waals surface area contributed by atoms with Crippen molar-refractivity contribution in [2.75, 3.05) is 0 Å². The van der Waals surface area contributed by atoms with E-state index in [-0.39, 0.29) is 0 Å². The van der Waals surface area contributed by atoms with E-state index < -0.39 is 0 Å². The van der Waals surface area contributed by atoms with Crippen LogP contribution in [0.5, 0.6) is 0 Å². The highest BCUT2D eigenvalue weighted by molar-refractivity contribution is 9.10. The van der Waals surface area contributed by atoms with Gasteiger partial charge in [0.15, 0.2) is 0 Å². The van der Waals surface area contributed by atoms with Crippen LogP contribution >= 0.6 is 15.9 Å². The van der Waals surface area contributed by atoms with Crippen molar-refractivity contribution in [3.05, 3.63) is 33.8 Å². The lowest BCUT2D eigenvalue weighted by Crippen LogP contribution is -2.32. The second kappa shape index (κ2) is 5.65. The number of hydrogen-bond acceptors (Lipinski definition) is 2. The number of hydrogen-bond donors (Lipinski definition) is 2. The minimum absolute atomic E-state index is 0.430. The Kier molecular flexibility index (Phi) is 4.18. The molecule has 17 heavy (non-hydrogen) atoms. The SMILES string of the molecule is Cc1ccc(Br)cc1C(=NC1CCCC1)NN. The number of nitrogens with one attached hydrogen (secondary N) is 1. The summed E-state index contributed by atoms with van der Waals surface area (Å²) in [6.07, 6.45) is 4.92. The first-order chi connectivity index (χ1) is 8.20. The van der Waals surface area contributed by atoms with Gasteiger partial charge >= 0.3 is 0 Å². The van der Waals surface area contributed by atoms with Gasteiger partial charge in [-0.25, -0.2) is 5.84 Å². The fraction of sp³-hybridized carbons (Fsp3) is 0.462. The molecule has 92 valence electrons. The Labute approximate surface area is 111 Å². The van der Waals surface area contributed by atoms with E-state index in [0.29, 0.717) is 6.04 Å². The number of nitrogens with zero attached hydrogens (tertiary/aromatic N) is 1. The van der Waals surface area contributed by atoms with E-state index >= 15 is 0 Å². The predicted octanol–water partition coefficient (Wildman–Crippen LogP) is 2.91. The number of halogens is 1. The van der Waals surface area contributed by atoms with Crippen molar-refractivity contribution in [1.82, 2.24) is 5.43 Å². The molecule has 0 spiro atoms. The molecule has 0 aliphatic heterocycles. The van der Waals surface area contributed by atoms with Crippen molar-refractivity contribution in [2.45, 2.75) is 38.6 Å². The smallest absolute Gasteiger partial charge is 0.143 e. The van der Waals surface area contributed by atoms with Crippen molar-refractivity contribution in [3.63, 3.8) is 0 Å². The molecule has 0 atom stereocenters. The first-order valence-corrected chi connectivity index (χ1v) is 6.81. The molecule has 1 aliphatic carbocycles. The third-order valence-electron chi connectivity index (χ3n) is 3.23. The van der Waals surface area contributed by atoms with Crippen LogP contribution in [0.15, 0.2) is 27.7 Å². The number of aryl methyl sites for hydroxylation is 1. The number of rotatable bonds is 2. The molecule has 0 bridgehead atoms. The number of nitrogens with two attached hydrogens (primary N) is 1. The molecular formula is C13H18BrN3. The van der Waals surface area contributed by atoms with Gasteiger partial charge in [-0.2, -0.15) is 0 Å². The Bertz CT molecular complexity index is 423. The van der Waals surface area contributed by atoms with Crippen LogP contribution in [0, 0.1) is 6.92 Å². The summed E-state index contributed by atoms with van der Waals surface area (Å²) >= 11 is 3.48. The average Bonchev–Trinajstić information content (AvgIpc) is 2.82. The van der Waals surface area contributed by atoms with Gasteiger partial charge in [0.25, 0.3) is 0 Å². The van der Waals surface area contributed by atoms with Gasteiger partial charge in [-0.1, -0.05) is 34.8 Å². The van der Waals surface area contributed by atoms with Crippen molar-refractivity contribution in [1.29, 1.82) is 0 Å². The van der Waals surface area contributed by atoms with Gasteiger partial charge in [-0.15, -0.1) is 0 Å². The monoisotopic (exact) mass is 295 g/mol. The number of aliphatic imine (C=N–C) groups is 1. The quantitative estimate of drug-likeness (QED) is 0.381. The first-order valence-electron chi connectivity index (χ1n) is 6.01. The van der Waals surface area contributed by atoms with Crippen molar-refractivity contribution in [3.8, 4) is 0 Å². The summed E-state index contributed by atoms with van der Waals surface area (Å²) < 4.78 is 1.05.